The molecule has 3 aromatic rings. The van der Waals surface area contributed by atoms with E-state index in [1.54, 1.807) is 73.6 Å². The van der Waals surface area contributed by atoms with E-state index in [1.165, 1.54) is 0 Å². The lowest BCUT2D eigenvalue weighted by Gasteiger charge is -2.12. The molecule has 0 saturated heterocycles. The highest BCUT2D eigenvalue weighted by Gasteiger charge is 2.16. The summed E-state index contributed by atoms with van der Waals surface area (Å²) in [5.74, 6) is 1.31. The normalized spacial score (nSPS) is 10.4. The minimum atomic E-state index is -1.15. The first-order valence-electron chi connectivity index (χ1n) is 8.89. The van der Waals surface area contributed by atoms with Crippen LogP contribution in [-0.4, -0.2) is 40.8 Å². The summed E-state index contributed by atoms with van der Waals surface area (Å²) >= 11 is 0. The van der Waals surface area contributed by atoms with E-state index in [0.29, 0.717) is 29.3 Å². The Bertz CT molecular complexity index is 1010. The molecule has 0 unspecified atom stereocenters. The number of nitrogens with zero attached hydrogens (tertiary/aromatic N) is 2. The van der Waals surface area contributed by atoms with Gasteiger partial charge in [-0.1, -0.05) is 18.2 Å². The predicted molar refractivity (Wildman–Crippen MR) is 107 cm³/mol. The highest BCUT2D eigenvalue weighted by Crippen LogP contribution is 2.26. The van der Waals surface area contributed by atoms with Crippen molar-refractivity contribution in [3.8, 4) is 17.2 Å². The number of para-hydroxylation sites is 1. The fraction of sp³-hybridized carbons (Fsp3) is 0.190. The Morgan fingerprint density at radius 2 is 1.79 bits per heavy atom. The molecule has 0 bridgehead atoms. The zero-order chi connectivity index (χ0) is 20.8. The Labute approximate surface area is 167 Å². The molecule has 0 aliphatic heterocycles. The Morgan fingerprint density at radius 1 is 1.10 bits per heavy atom. The lowest BCUT2D eigenvalue weighted by Crippen LogP contribution is -2.12. The molecule has 0 saturated carbocycles. The maximum atomic E-state index is 12.8. The van der Waals surface area contributed by atoms with Crippen LogP contribution in [0, 0.1) is 0 Å². The first kappa shape index (κ1) is 19.9. The summed E-state index contributed by atoms with van der Waals surface area (Å²) in [5.41, 5.74) is 1.90. The molecule has 8 heteroatoms. The van der Waals surface area contributed by atoms with Crippen LogP contribution in [0.25, 0.3) is 5.69 Å². The van der Waals surface area contributed by atoms with E-state index in [9.17, 15) is 9.59 Å². The molecule has 0 spiro atoms. The molecule has 0 aliphatic rings. The number of anilines is 1. The molecule has 1 amide bonds. The fourth-order valence-corrected chi connectivity index (χ4v) is 2.99. The molecule has 1 heterocycles. The summed E-state index contributed by atoms with van der Waals surface area (Å²) in [6.07, 6.45) is 2.66. The smallest absolute Gasteiger partial charge is 0.409 e. The maximum Gasteiger partial charge on any atom is 0.409 e. The van der Waals surface area contributed by atoms with E-state index in [2.05, 4.69) is 10.3 Å². The van der Waals surface area contributed by atoms with Crippen LogP contribution >= 0.6 is 0 Å². The molecule has 2 N–H and O–H groups in total. The Hall–Kier alpha value is -3.81. The number of ketones is 1. The van der Waals surface area contributed by atoms with Crippen molar-refractivity contribution in [2.75, 3.05) is 19.5 Å². The van der Waals surface area contributed by atoms with Crippen LogP contribution in [0.4, 0.5) is 10.5 Å². The number of benzene rings is 2. The van der Waals surface area contributed by atoms with Gasteiger partial charge in [-0.25, -0.2) is 9.78 Å². The third-order valence-corrected chi connectivity index (χ3v) is 4.38. The number of nitrogens with one attached hydrogen (secondary N) is 1. The number of carboxylic acid groups (broad SMARTS) is 1. The Kier molecular flexibility index (Phi) is 6.13. The van der Waals surface area contributed by atoms with Gasteiger partial charge in [0.2, 0.25) is 0 Å². The molecular formula is C21H21N3O5. The van der Waals surface area contributed by atoms with Crippen LogP contribution in [0.1, 0.15) is 22.6 Å². The summed E-state index contributed by atoms with van der Waals surface area (Å²) in [6, 6.07) is 12.3. The molecule has 1 aromatic heterocycles. The summed E-state index contributed by atoms with van der Waals surface area (Å²) in [7, 11) is 3.11. The van der Waals surface area contributed by atoms with Crippen molar-refractivity contribution >= 4 is 17.6 Å². The van der Waals surface area contributed by atoms with Gasteiger partial charge in [-0.15, -0.1) is 0 Å². The highest BCUT2D eigenvalue weighted by molar-refractivity contribution is 5.93. The number of carbonyl (C=O) groups excluding carboxylic acids is 1. The van der Waals surface area contributed by atoms with Gasteiger partial charge in [-0.3, -0.25) is 14.7 Å². The second-order valence-electron chi connectivity index (χ2n) is 6.20. The van der Waals surface area contributed by atoms with Gasteiger partial charge in [-0.2, -0.15) is 0 Å². The topological polar surface area (TPSA) is 103 Å². The zero-order valence-corrected chi connectivity index (χ0v) is 16.1. The molecule has 8 nitrogen and oxygen atoms in total. The lowest BCUT2D eigenvalue weighted by molar-refractivity contribution is 0.0971. The number of rotatable bonds is 8. The van der Waals surface area contributed by atoms with Crippen molar-refractivity contribution in [3.63, 3.8) is 0 Å². The van der Waals surface area contributed by atoms with Gasteiger partial charge in [0, 0.05) is 42.7 Å². The third-order valence-electron chi connectivity index (χ3n) is 4.38. The van der Waals surface area contributed by atoms with Crippen molar-refractivity contribution in [1.82, 2.24) is 9.55 Å². The van der Waals surface area contributed by atoms with Gasteiger partial charge in [0.25, 0.3) is 0 Å². The number of amides is 1. The minimum Gasteiger partial charge on any atom is -0.497 e. The summed E-state index contributed by atoms with van der Waals surface area (Å²) in [4.78, 5) is 28.0. The number of aryl methyl sites for hydroxylation is 1. The largest absolute Gasteiger partial charge is 0.497 e. The van der Waals surface area contributed by atoms with Crippen LogP contribution in [-0.2, 0) is 6.42 Å². The van der Waals surface area contributed by atoms with Gasteiger partial charge in [0.1, 0.15) is 11.5 Å². The van der Waals surface area contributed by atoms with E-state index < -0.39 is 6.09 Å². The van der Waals surface area contributed by atoms with Crippen LogP contribution in [0.5, 0.6) is 11.5 Å². The molecule has 0 atom stereocenters. The lowest BCUT2D eigenvalue weighted by atomic mass is 10.1. The standard InChI is InChI=1S/C21H21N3O5/c1-28-16-11-15(12-17(13-16)29-2)24-10-9-22-20(24)19(25)8-7-14-5-3-4-6-18(14)23-21(26)27/h3-6,9-13,23H,7-8H2,1-2H3,(H,26,27). The second-order valence-corrected chi connectivity index (χ2v) is 6.20. The zero-order valence-electron chi connectivity index (χ0n) is 16.1. The Morgan fingerprint density at radius 3 is 2.45 bits per heavy atom. The van der Waals surface area contributed by atoms with Crippen LogP contribution in [0.15, 0.2) is 54.9 Å². The van der Waals surface area contributed by atoms with Crippen molar-refractivity contribution < 1.29 is 24.2 Å². The van der Waals surface area contributed by atoms with Gasteiger partial charge >= 0.3 is 6.09 Å². The molecule has 3 rings (SSSR count). The van der Waals surface area contributed by atoms with E-state index in [1.807, 2.05) is 0 Å². The van der Waals surface area contributed by atoms with Crippen molar-refractivity contribution in [3.05, 3.63) is 66.2 Å². The molecule has 29 heavy (non-hydrogen) atoms. The molecular weight excluding hydrogens is 374 g/mol. The predicted octanol–water partition coefficient (Wildman–Crippen LogP) is 3.79. The number of carbonyl (C=O) groups is 2. The number of ether oxygens (including phenoxy) is 2. The van der Waals surface area contributed by atoms with E-state index >= 15 is 0 Å². The van der Waals surface area contributed by atoms with Crippen LogP contribution in [0.3, 0.4) is 0 Å². The number of hydrogen-bond acceptors (Lipinski definition) is 5. The van der Waals surface area contributed by atoms with Crippen LogP contribution in [0.2, 0.25) is 0 Å². The van der Waals surface area contributed by atoms with Crippen molar-refractivity contribution in [2.45, 2.75) is 12.8 Å². The summed E-state index contributed by atoms with van der Waals surface area (Å²) in [5, 5.41) is 11.3. The first-order chi connectivity index (χ1) is 14.0. The quantitative estimate of drug-likeness (QED) is 0.563. The summed E-state index contributed by atoms with van der Waals surface area (Å²) in [6.45, 7) is 0. The van der Waals surface area contributed by atoms with Crippen LogP contribution < -0.4 is 14.8 Å². The van der Waals surface area contributed by atoms with Gasteiger partial charge in [-0.05, 0) is 18.1 Å². The van der Waals surface area contributed by atoms with Gasteiger partial charge in [0.15, 0.2) is 11.6 Å². The van der Waals surface area contributed by atoms with E-state index in [0.717, 1.165) is 5.56 Å². The third kappa shape index (κ3) is 4.73. The number of Topliss-reactive ketones (excluding diaryl/α,β-unsaturated/α-hetero) is 1. The second kappa shape index (κ2) is 8.92. The number of hydrogen-bond donors (Lipinski definition) is 2. The number of methoxy groups -OCH3 is 2. The first-order valence-corrected chi connectivity index (χ1v) is 8.89. The molecule has 0 aliphatic carbocycles. The SMILES string of the molecule is COc1cc(OC)cc(-n2ccnc2C(=O)CCc2ccccc2NC(=O)O)c1. The molecule has 150 valence electrons. The number of imidazole rings is 1. The fourth-order valence-electron chi connectivity index (χ4n) is 2.99. The average molecular weight is 395 g/mol. The molecule has 0 fully saturated rings. The monoisotopic (exact) mass is 395 g/mol. The maximum absolute atomic E-state index is 12.8. The summed E-state index contributed by atoms with van der Waals surface area (Å²) < 4.78 is 12.3. The average Bonchev–Trinajstić information content (AvgIpc) is 3.22. The minimum absolute atomic E-state index is 0.165. The van der Waals surface area contributed by atoms with Gasteiger partial charge in [0.05, 0.1) is 19.9 Å². The van der Waals surface area contributed by atoms with Crippen molar-refractivity contribution in [2.24, 2.45) is 0 Å². The number of aromatic nitrogens is 2. The van der Waals surface area contributed by atoms with E-state index in [4.69, 9.17) is 14.6 Å². The van der Waals surface area contributed by atoms with Crippen molar-refractivity contribution in [1.29, 1.82) is 0 Å². The van der Waals surface area contributed by atoms with Gasteiger partial charge < -0.3 is 14.6 Å². The molecule has 0 radical (unpaired) electrons. The van der Waals surface area contributed by atoms with E-state index in [-0.39, 0.29) is 18.0 Å². The molecule has 2 aromatic carbocycles. The Balaban J connectivity index is 1.81. The highest BCUT2D eigenvalue weighted by atomic mass is 16.5.